The molecule has 4 saturated carbocycles. The van der Waals surface area contributed by atoms with Gasteiger partial charge in [-0.05, 0) is 130 Å². The van der Waals surface area contributed by atoms with E-state index in [0.29, 0.717) is 11.3 Å². The van der Waals surface area contributed by atoms with Gasteiger partial charge >= 0.3 is 6.18 Å². The van der Waals surface area contributed by atoms with Crippen LogP contribution in [0.4, 0.5) is 13.2 Å². The molecule has 1 aromatic rings. The van der Waals surface area contributed by atoms with Gasteiger partial charge in [0, 0.05) is 6.20 Å². The van der Waals surface area contributed by atoms with Gasteiger partial charge in [0.25, 0.3) is 0 Å². The third-order valence-corrected chi connectivity index (χ3v) is 10.9. The molecular weight excluding hydrogens is 435 g/mol. The van der Waals surface area contributed by atoms with Gasteiger partial charge < -0.3 is 5.11 Å². The van der Waals surface area contributed by atoms with Crippen molar-refractivity contribution in [3.63, 3.8) is 0 Å². The number of nitrogens with zero attached hydrogens (tertiary/aromatic N) is 1. The second-order valence-corrected chi connectivity index (χ2v) is 12.6. The molecule has 0 radical (unpaired) electrons. The number of rotatable bonds is 5. The zero-order valence-electron chi connectivity index (χ0n) is 20.9. The van der Waals surface area contributed by atoms with Crippen LogP contribution in [0.15, 0.2) is 18.3 Å². The summed E-state index contributed by atoms with van der Waals surface area (Å²) in [4.78, 5) is 3.67. The van der Waals surface area contributed by atoms with Gasteiger partial charge in [-0.3, -0.25) is 4.98 Å². The summed E-state index contributed by atoms with van der Waals surface area (Å²) in [6, 6.07) is 2.75. The number of hydrogen-bond acceptors (Lipinski definition) is 2. The van der Waals surface area contributed by atoms with Crippen LogP contribution >= 0.6 is 0 Å². The molecule has 5 heteroatoms. The minimum atomic E-state index is -4.37. The molecule has 0 bridgehead atoms. The molecule has 4 aliphatic carbocycles. The second kappa shape index (κ2) is 9.09. The number of halogens is 3. The van der Waals surface area contributed by atoms with Gasteiger partial charge in [0.1, 0.15) is 5.69 Å². The van der Waals surface area contributed by atoms with Crippen molar-refractivity contribution in [1.82, 2.24) is 4.98 Å². The topological polar surface area (TPSA) is 33.1 Å². The molecule has 5 rings (SSSR count). The first-order valence-corrected chi connectivity index (χ1v) is 13.9. The summed E-state index contributed by atoms with van der Waals surface area (Å²) in [6.45, 7) is 4.72. The second-order valence-electron chi connectivity index (χ2n) is 12.6. The fourth-order valence-corrected chi connectivity index (χ4v) is 9.32. The highest BCUT2D eigenvalue weighted by Gasteiger charge is 2.57. The molecule has 4 aliphatic rings. The summed E-state index contributed by atoms with van der Waals surface area (Å²) in [6.07, 6.45) is 12.1. The number of fused-ring (bicyclic) bond motifs is 5. The van der Waals surface area contributed by atoms with Crippen LogP contribution in [0.25, 0.3) is 0 Å². The van der Waals surface area contributed by atoms with E-state index in [1.807, 2.05) is 0 Å². The molecule has 0 spiro atoms. The van der Waals surface area contributed by atoms with Crippen molar-refractivity contribution in [2.24, 2.45) is 40.9 Å². The molecule has 0 unspecified atom stereocenters. The molecule has 1 aromatic heterocycles. The standard InChI is InChI=1S/C29H42F3NO/c1-3-14-28(34)16-13-22-20(17-28)6-9-24-23(22)12-15-27(2)21(8-10-25(24)27)7-4-19-5-11-26(33-18-19)29(30,31)32/h5,11,18,20-25,34H,3-4,6-10,12-17H2,1-2H3/t20-,21+,22+,23-,24-,25+,27-,28-/m1/s1. The Morgan fingerprint density at radius 1 is 1.00 bits per heavy atom. The Balaban J connectivity index is 1.22. The van der Waals surface area contributed by atoms with Gasteiger partial charge in [-0.2, -0.15) is 13.2 Å². The molecule has 0 saturated heterocycles. The molecule has 0 aromatic carbocycles. The average Bonchev–Trinajstić information content (AvgIpc) is 3.13. The molecule has 1 N–H and O–H groups in total. The minimum absolute atomic E-state index is 0.380. The van der Waals surface area contributed by atoms with Crippen LogP contribution in [0.2, 0.25) is 0 Å². The van der Waals surface area contributed by atoms with Crippen molar-refractivity contribution in [2.45, 2.75) is 109 Å². The van der Waals surface area contributed by atoms with Gasteiger partial charge in [-0.25, -0.2) is 0 Å². The van der Waals surface area contributed by atoms with Crippen molar-refractivity contribution >= 4 is 0 Å². The number of aryl methyl sites for hydroxylation is 1. The maximum absolute atomic E-state index is 12.8. The quantitative estimate of drug-likeness (QED) is 0.469. The van der Waals surface area contributed by atoms with E-state index in [-0.39, 0.29) is 0 Å². The Morgan fingerprint density at radius 3 is 2.50 bits per heavy atom. The minimum Gasteiger partial charge on any atom is -0.390 e. The van der Waals surface area contributed by atoms with E-state index in [1.165, 1.54) is 51.1 Å². The fourth-order valence-electron chi connectivity index (χ4n) is 9.32. The molecule has 8 atom stereocenters. The van der Waals surface area contributed by atoms with Gasteiger partial charge in [-0.15, -0.1) is 0 Å². The lowest BCUT2D eigenvalue weighted by atomic mass is 9.48. The van der Waals surface area contributed by atoms with E-state index >= 15 is 0 Å². The largest absolute Gasteiger partial charge is 0.433 e. The van der Waals surface area contributed by atoms with E-state index < -0.39 is 17.5 Å². The number of aliphatic hydroxyl groups is 1. The molecule has 190 valence electrons. The first kappa shape index (κ1) is 24.6. The summed E-state index contributed by atoms with van der Waals surface area (Å²) in [5.41, 5.74) is 0.104. The normalized spacial score (nSPS) is 42.1. The van der Waals surface area contributed by atoms with Crippen LogP contribution in [-0.2, 0) is 12.6 Å². The molecule has 0 aliphatic heterocycles. The van der Waals surface area contributed by atoms with Crippen LogP contribution in [0.1, 0.15) is 102 Å². The maximum atomic E-state index is 12.8. The van der Waals surface area contributed by atoms with E-state index in [2.05, 4.69) is 18.8 Å². The molecule has 1 heterocycles. The molecular formula is C29H42F3NO. The van der Waals surface area contributed by atoms with Crippen LogP contribution in [-0.4, -0.2) is 15.7 Å². The Kier molecular flexibility index (Phi) is 6.57. The summed E-state index contributed by atoms with van der Waals surface area (Å²) in [5, 5.41) is 11.1. The number of pyridine rings is 1. The lowest BCUT2D eigenvalue weighted by Crippen LogP contribution is -2.51. The van der Waals surface area contributed by atoms with E-state index in [1.54, 1.807) is 6.07 Å². The van der Waals surface area contributed by atoms with Gasteiger partial charge in [0.2, 0.25) is 0 Å². The summed E-state index contributed by atoms with van der Waals surface area (Å²) >= 11 is 0. The van der Waals surface area contributed by atoms with Crippen molar-refractivity contribution in [1.29, 1.82) is 0 Å². The first-order valence-electron chi connectivity index (χ1n) is 13.9. The monoisotopic (exact) mass is 477 g/mol. The Morgan fingerprint density at radius 2 is 1.79 bits per heavy atom. The van der Waals surface area contributed by atoms with Crippen LogP contribution in [0.3, 0.4) is 0 Å². The molecule has 4 fully saturated rings. The predicted octanol–water partition coefficient (Wildman–Crippen LogP) is 7.83. The zero-order valence-corrected chi connectivity index (χ0v) is 20.9. The van der Waals surface area contributed by atoms with Crippen LogP contribution in [0.5, 0.6) is 0 Å². The average molecular weight is 478 g/mol. The predicted molar refractivity (Wildman–Crippen MR) is 128 cm³/mol. The highest BCUT2D eigenvalue weighted by molar-refractivity contribution is 5.17. The fraction of sp³-hybridized carbons (Fsp3) is 0.828. The smallest absolute Gasteiger partial charge is 0.390 e. The number of hydrogen-bond donors (Lipinski definition) is 1. The van der Waals surface area contributed by atoms with E-state index in [4.69, 9.17) is 0 Å². The SMILES string of the molecule is CCC[C@@]1(O)CC[C@H]2[C@H](CC[C@@H]3[C@@H]2CC[C@]2(C)[C@@H](CCc4ccc(C(F)(F)F)nc4)CC[C@@H]32)C1. The Bertz CT molecular complexity index is 854. The van der Waals surface area contributed by atoms with Crippen LogP contribution < -0.4 is 0 Å². The first-order chi connectivity index (χ1) is 16.1. The maximum Gasteiger partial charge on any atom is 0.433 e. The van der Waals surface area contributed by atoms with Gasteiger partial charge in [0.05, 0.1) is 5.60 Å². The summed E-state index contributed by atoms with van der Waals surface area (Å²) in [5.74, 6) is 4.70. The van der Waals surface area contributed by atoms with E-state index in [0.717, 1.165) is 79.7 Å². The summed E-state index contributed by atoms with van der Waals surface area (Å²) < 4.78 is 38.5. The highest BCUT2D eigenvalue weighted by atomic mass is 19.4. The molecule has 34 heavy (non-hydrogen) atoms. The number of alkyl halides is 3. The number of aromatic nitrogens is 1. The summed E-state index contributed by atoms with van der Waals surface area (Å²) in [7, 11) is 0. The lowest BCUT2D eigenvalue weighted by molar-refractivity contribution is -0.141. The molecule has 2 nitrogen and oxygen atoms in total. The van der Waals surface area contributed by atoms with E-state index in [9.17, 15) is 18.3 Å². The highest BCUT2D eigenvalue weighted by Crippen LogP contribution is 2.65. The zero-order chi connectivity index (χ0) is 24.1. The van der Waals surface area contributed by atoms with Crippen LogP contribution in [0, 0.1) is 40.9 Å². The Hall–Kier alpha value is -1.10. The van der Waals surface area contributed by atoms with Crippen molar-refractivity contribution in [3.8, 4) is 0 Å². The van der Waals surface area contributed by atoms with Gasteiger partial charge in [0.15, 0.2) is 0 Å². The van der Waals surface area contributed by atoms with Crippen molar-refractivity contribution in [2.75, 3.05) is 0 Å². The lowest BCUT2D eigenvalue weighted by Gasteiger charge is -2.57. The van der Waals surface area contributed by atoms with Gasteiger partial charge in [-0.1, -0.05) is 26.3 Å². The Labute approximate surface area is 203 Å². The molecule has 0 amide bonds. The third kappa shape index (κ3) is 4.44. The van der Waals surface area contributed by atoms with Crippen molar-refractivity contribution < 1.29 is 18.3 Å². The third-order valence-electron chi connectivity index (χ3n) is 10.9. The van der Waals surface area contributed by atoms with Crippen molar-refractivity contribution in [3.05, 3.63) is 29.6 Å².